The second-order valence-corrected chi connectivity index (χ2v) is 10.8. The molecule has 7 rings (SSSR count). The molecule has 5 aromatic carbocycles. The van der Waals surface area contributed by atoms with Crippen molar-refractivity contribution in [3.8, 4) is 23.0 Å². The van der Waals surface area contributed by atoms with Crippen LogP contribution < -0.4 is 24.8 Å². The number of fused-ring (bicyclic) bond motifs is 6. The number of anilines is 4. The van der Waals surface area contributed by atoms with E-state index in [1.807, 2.05) is 111 Å². The monoisotopic (exact) mass is 570 g/mol. The number of benzene rings is 5. The highest BCUT2D eigenvalue weighted by Crippen LogP contribution is 2.57. The van der Waals surface area contributed by atoms with Crippen LogP contribution in [0.25, 0.3) is 0 Å². The normalized spacial score (nSPS) is 13.7. The zero-order chi connectivity index (χ0) is 29.7. The van der Waals surface area contributed by atoms with E-state index in [0.29, 0.717) is 17.1 Å². The molecule has 2 aliphatic rings. The van der Waals surface area contributed by atoms with Crippen molar-refractivity contribution in [1.29, 1.82) is 0 Å². The Morgan fingerprint density at radius 2 is 1.16 bits per heavy atom. The standard InChI is InChI=1S/C36H30N2O5/c1-21-17-25(40-3)11-15-31(21)37-23-9-13-29-33(19-23)42-34-20-24(38-32-16-12-26(41-4)18-22(32)2)10-14-30(34)36(29)28-8-6-5-7-27(28)35(39)43-36/h5-20,37-38H,1-4H3. The summed E-state index contributed by atoms with van der Waals surface area (Å²) in [5.41, 5.74) is 7.40. The molecule has 0 unspecified atom stereocenters. The van der Waals surface area contributed by atoms with Gasteiger partial charge in [0.1, 0.15) is 23.0 Å². The summed E-state index contributed by atoms with van der Waals surface area (Å²) in [7, 11) is 3.31. The van der Waals surface area contributed by atoms with E-state index in [1.54, 1.807) is 14.2 Å². The van der Waals surface area contributed by atoms with Gasteiger partial charge in [0.2, 0.25) is 0 Å². The van der Waals surface area contributed by atoms with E-state index < -0.39 is 5.60 Å². The Bertz CT molecular complexity index is 1810. The molecule has 0 saturated heterocycles. The molecule has 2 N–H and O–H groups in total. The van der Waals surface area contributed by atoms with Crippen molar-refractivity contribution in [2.45, 2.75) is 19.4 Å². The second kappa shape index (κ2) is 10.1. The number of esters is 1. The maximum atomic E-state index is 13.2. The number of aryl methyl sites for hydroxylation is 2. The lowest BCUT2D eigenvalue weighted by Crippen LogP contribution is -2.33. The summed E-state index contributed by atoms with van der Waals surface area (Å²) in [4.78, 5) is 13.2. The van der Waals surface area contributed by atoms with Crippen LogP contribution in [-0.2, 0) is 10.3 Å². The summed E-state index contributed by atoms with van der Waals surface area (Å²) in [5.74, 6) is 2.44. The lowest BCUT2D eigenvalue weighted by Gasteiger charge is -2.37. The molecule has 2 heterocycles. The van der Waals surface area contributed by atoms with Crippen LogP contribution in [0.1, 0.15) is 38.2 Å². The number of nitrogens with one attached hydrogen (secondary N) is 2. The molecule has 2 aliphatic heterocycles. The zero-order valence-corrected chi connectivity index (χ0v) is 24.3. The summed E-state index contributed by atoms with van der Waals surface area (Å²) in [5, 5.41) is 7.00. The first kappa shape index (κ1) is 26.5. The Hall–Kier alpha value is -5.43. The topological polar surface area (TPSA) is 78.1 Å². The molecule has 1 spiro atoms. The SMILES string of the molecule is COc1ccc(Nc2ccc3c(c2)Oc2cc(Nc4ccc(OC)cc4C)ccc2C32OC(=O)c3ccccc32)c(C)c1. The minimum atomic E-state index is -1.14. The maximum absolute atomic E-state index is 13.2. The van der Waals surface area contributed by atoms with Crippen molar-refractivity contribution in [2.24, 2.45) is 0 Å². The number of carbonyl (C=O) groups excluding carboxylic acids is 1. The predicted molar refractivity (Wildman–Crippen MR) is 167 cm³/mol. The van der Waals surface area contributed by atoms with Gasteiger partial charge in [0, 0.05) is 51.6 Å². The molecular formula is C36H30N2O5. The van der Waals surface area contributed by atoms with Crippen molar-refractivity contribution >= 4 is 28.7 Å². The fourth-order valence-corrected chi connectivity index (χ4v) is 5.95. The van der Waals surface area contributed by atoms with Gasteiger partial charge in [-0.1, -0.05) is 18.2 Å². The number of methoxy groups -OCH3 is 2. The summed E-state index contributed by atoms with van der Waals surface area (Å²) in [6.45, 7) is 4.05. The Labute approximate surface area is 250 Å². The largest absolute Gasteiger partial charge is 0.497 e. The molecule has 0 atom stereocenters. The Morgan fingerprint density at radius 3 is 1.67 bits per heavy atom. The van der Waals surface area contributed by atoms with Crippen molar-refractivity contribution in [3.63, 3.8) is 0 Å². The van der Waals surface area contributed by atoms with E-state index in [2.05, 4.69) is 10.6 Å². The molecule has 0 fully saturated rings. The highest BCUT2D eigenvalue weighted by atomic mass is 16.6. The van der Waals surface area contributed by atoms with Gasteiger partial charge >= 0.3 is 5.97 Å². The number of hydrogen-bond acceptors (Lipinski definition) is 7. The molecule has 43 heavy (non-hydrogen) atoms. The molecule has 0 radical (unpaired) electrons. The number of hydrogen-bond donors (Lipinski definition) is 2. The van der Waals surface area contributed by atoms with Crippen molar-refractivity contribution in [2.75, 3.05) is 24.9 Å². The third kappa shape index (κ3) is 4.32. The van der Waals surface area contributed by atoms with Crippen LogP contribution >= 0.6 is 0 Å². The molecule has 0 bridgehead atoms. The van der Waals surface area contributed by atoms with E-state index in [0.717, 1.165) is 62.1 Å². The molecule has 0 saturated carbocycles. The fourth-order valence-electron chi connectivity index (χ4n) is 5.95. The lowest BCUT2D eigenvalue weighted by molar-refractivity contribution is 0.0224. The van der Waals surface area contributed by atoms with Gasteiger partial charge < -0.3 is 29.6 Å². The average molecular weight is 571 g/mol. The Kier molecular flexibility index (Phi) is 6.24. The summed E-state index contributed by atoms with van der Waals surface area (Å²) in [6, 6.07) is 31.1. The highest BCUT2D eigenvalue weighted by Gasteiger charge is 2.53. The van der Waals surface area contributed by atoms with Crippen LogP contribution in [0.3, 0.4) is 0 Å². The molecule has 7 heteroatoms. The van der Waals surface area contributed by atoms with Crippen LogP contribution in [0.5, 0.6) is 23.0 Å². The molecule has 214 valence electrons. The molecular weight excluding hydrogens is 540 g/mol. The van der Waals surface area contributed by atoms with Gasteiger partial charge in [-0.3, -0.25) is 0 Å². The van der Waals surface area contributed by atoms with Crippen LogP contribution in [0.15, 0.2) is 97.1 Å². The van der Waals surface area contributed by atoms with Crippen molar-refractivity contribution in [3.05, 3.63) is 130 Å². The Balaban J connectivity index is 1.33. The lowest BCUT2D eigenvalue weighted by atomic mass is 9.77. The van der Waals surface area contributed by atoms with E-state index in [1.165, 1.54) is 0 Å². The first-order valence-electron chi connectivity index (χ1n) is 14.0. The van der Waals surface area contributed by atoms with E-state index >= 15 is 0 Å². The maximum Gasteiger partial charge on any atom is 0.340 e. The third-order valence-electron chi connectivity index (χ3n) is 8.14. The summed E-state index contributed by atoms with van der Waals surface area (Å²) in [6.07, 6.45) is 0. The van der Waals surface area contributed by atoms with Crippen LogP contribution in [0, 0.1) is 13.8 Å². The smallest absolute Gasteiger partial charge is 0.340 e. The second-order valence-electron chi connectivity index (χ2n) is 10.8. The van der Waals surface area contributed by atoms with E-state index in [-0.39, 0.29) is 5.97 Å². The minimum Gasteiger partial charge on any atom is -0.497 e. The van der Waals surface area contributed by atoms with Crippen LogP contribution in [0.4, 0.5) is 22.7 Å². The van der Waals surface area contributed by atoms with Crippen LogP contribution in [-0.4, -0.2) is 20.2 Å². The molecule has 0 aromatic heterocycles. The van der Waals surface area contributed by atoms with Gasteiger partial charge in [-0.05, 0) is 91.7 Å². The highest BCUT2D eigenvalue weighted by molar-refractivity contribution is 5.97. The van der Waals surface area contributed by atoms with Gasteiger partial charge in [0.25, 0.3) is 0 Å². The van der Waals surface area contributed by atoms with Crippen LogP contribution in [0.2, 0.25) is 0 Å². The molecule has 7 nitrogen and oxygen atoms in total. The van der Waals surface area contributed by atoms with E-state index in [4.69, 9.17) is 18.9 Å². The molecule has 0 amide bonds. The number of rotatable bonds is 6. The zero-order valence-electron chi connectivity index (χ0n) is 24.3. The van der Waals surface area contributed by atoms with Gasteiger partial charge in [0.05, 0.1) is 19.8 Å². The fraction of sp³-hybridized carbons (Fsp3) is 0.139. The average Bonchev–Trinajstić information content (AvgIpc) is 3.31. The number of ether oxygens (including phenoxy) is 4. The van der Waals surface area contributed by atoms with Gasteiger partial charge in [-0.15, -0.1) is 0 Å². The predicted octanol–water partition coefficient (Wildman–Crippen LogP) is 8.38. The molecule has 0 aliphatic carbocycles. The van der Waals surface area contributed by atoms with Gasteiger partial charge in [-0.25, -0.2) is 4.79 Å². The summed E-state index contributed by atoms with van der Waals surface area (Å²) < 4.78 is 23.7. The first-order chi connectivity index (χ1) is 20.9. The number of carbonyl (C=O) groups is 1. The first-order valence-corrected chi connectivity index (χ1v) is 14.0. The third-order valence-corrected chi connectivity index (χ3v) is 8.14. The summed E-state index contributed by atoms with van der Waals surface area (Å²) >= 11 is 0. The van der Waals surface area contributed by atoms with Gasteiger partial charge in [-0.2, -0.15) is 0 Å². The van der Waals surface area contributed by atoms with Crippen molar-refractivity contribution < 1.29 is 23.7 Å². The van der Waals surface area contributed by atoms with Gasteiger partial charge in [0.15, 0.2) is 5.60 Å². The Morgan fingerprint density at radius 1 is 0.628 bits per heavy atom. The quantitative estimate of drug-likeness (QED) is 0.199. The van der Waals surface area contributed by atoms with E-state index in [9.17, 15) is 4.79 Å². The van der Waals surface area contributed by atoms with Crippen molar-refractivity contribution in [1.82, 2.24) is 0 Å². The molecule has 5 aromatic rings. The minimum absolute atomic E-state index is 0.360.